The largest absolute Gasteiger partial charge is 0.474 e. The van der Waals surface area contributed by atoms with E-state index in [0.29, 0.717) is 12.5 Å². The van der Waals surface area contributed by atoms with Crippen molar-refractivity contribution >= 4 is 21.6 Å². The third-order valence-electron chi connectivity index (χ3n) is 6.51. The van der Waals surface area contributed by atoms with Crippen LogP contribution in [0.5, 0.6) is 5.88 Å². The summed E-state index contributed by atoms with van der Waals surface area (Å²) in [6.45, 7) is 2.92. The second kappa shape index (κ2) is 7.61. The molecule has 166 valence electrons. The van der Waals surface area contributed by atoms with Gasteiger partial charge in [0.1, 0.15) is 17.6 Å². The molecular weight excluding hydrogens is 418 g/mol. The number of carbonyl (C=O) groups excluding carboxylic acids is 1. The van der Waals surface area contributed by atoms with Gasteiger partial charge in [-0.05, 0) is 60.3 Å². The number of urea groups is 1. The van der Waals surface area contributed by atoms with E-state index in [1.165, 1.54) is 33.1 Å². The van der Waals surface area contributed by atoms with Crippen molar-refractivity contribution in [1.82, 2.24) is 9.78 Å². The second-order valence-electron chi connectivity index (χ2n) is 8.51. The third-order valence-corrected chi connectivity index (χ3v) is 7.85. The maximum absolute atomic E-state index is 13.2. The Morgan fingerprint density at radius 3 is 3.03 bits per heavy atom. The number of ether oxygens (including phenoxy) is 2. The summed E-state index contributed by atoms with van der Waals surface area (Å²) in [5.41, 5.74) is 5.79. The van der Waals surface area contributed by atoms with Gasteiger partial charge in [0, 0.05) is 12.8 Å². The van der Waals surface area contributed by atoms with Gasteiger partial charge >= 0.3 is 6.03 Å². The number of aromatic nitrogens is 2. The minimum atomic E-state index is -3.53. The third kappa shape index (κ3) is 3.52. The number of nitrogens with one attached hydrogen (secondary N) is 1. The van der Waals surface area contributed by atoms with Gasteiger partial charge in [-0.25, -0.2) is 18.8 Å². The van der Waals surface area contributed by atoms with Crippen LogP contribution in [0, 0.1) is 0 Å². The summed E-state index contributed by atoms with van der Waals surface area (Å²) >= 11 is 0. The summed E-state index contributed by atoms with van der Waals surface area (Å²) in [6, 6.07) is 1.59. The predicted octanol–water partition coefficient (Wildman–Crippen LogP) is 2.76. The van der Waals surface area contributed by atoms with Crippen LogP contribution in [0.4, 0.5) is 10.5 Å². The number of carbonyl (C=O) groups is 1. The lowest BCUT2D eigenvalue weighted by molar-refractivity contribution is 0.0165. The van der Waals surface area contributed by atoms with E-state index in [4.69, 9.17) is 14.6 Å². The topological polar surface area (TPSA) is 121 Å². The SMILES string of the molecule is CO[C@H]1COc2c(S(N)(=O)=NC(=O)Nc3c4c(cc5c3[C@@H](C)CC5)CCC4)cnn2C1. The molecule has 0 bridgehead atoms. The molecule has 3 aliphatic rings. The van der Waals surface area contributed by atoms with E-state index in [1.54, 1.807) is 7.11 Å². The van der Waals surface area contributed by atoms with Crippen molar-refractivity contribution in [2.24, 2.45) is 9.50 Å². The van der Waals surface area contributed by atoms with Crippen molar-refractivity contribution in [3.8, 4) is 5.88 Å². The lowest BCUT2D eigenvalue weighted by Crippen LogP contribution is -2.32. The Morgan fingerprint density at radius 1 is 1.39 bits per heavy atom. The maximum Gasteiger partial charge on any atom is 0.354 e. The molecule has 2 aliphatic carbocycles. The molecular formula is C21H27N5O4S. The average Bonchev–Trinajstić information content (AvgIpc) is 3.45. The van der Waals surface area contributed by atoms with Crippen LogP contribution in [-0.4, -0.2) is 39.8 Å². The Hall–Kier alpha value is -2.43. The lowest BCUT2D eigenvalue weighted by Gasteiger charge is -2.23. The van der Waals surface area contributed by atoms with Crippen LogP contribution in [0.1, 0.15) is 47.9 Å². The van der Waals surface area contributed by atoms with Crippen LogP contribution in [0.2, 0.25) is 0 Å². The highest BCUT2D eigenvalue weighted by Crippen LogP contribution is 2.44. The van der Waals surface area contributed by atoms with Crippen molar-refractivity contribution in [3.05, 3.63) is 34.5 Å². The van der Waals surface area contributed by atoms with Gasteiger partial charge in [-0.2, -0.15) is 5.10 Å². The summed E-state index contributed by atoms with van der Waals surface area (Å²) in [5, 5.41) is 13.1. The average molecular weight is 446 g/mol. The van der Waals surface area contributed by atoms with E-state index >= 15 is 0 Å². The van der Waals surface area contributed by atoms with Crippen molar-refractivity contribution in [2.75, 3.05) is 19.0 Å². The molecule has 1 aromatic heterocycles. The summed E-state index contributed by atoms with van der Waals surface area (Å²) in [7, 11) is -1.94. The number of nitrogens with two attached hydrogens (primary N) is 1. The molecule has 3 atom stereocenters. The Balaban J connectivity index is 1.47. The zero-order chi connectivity index (χ0) is 21.8. The van der Waals surface area contributed by atoms with Crippen LogP contribution in [0.15, 0.2) is 21.5 Å². The quantitative estimate of drug-likeness (QED) is 0.752. The fraction of sp³-hybridized carbons (Fsp3) is 0.524. The molecule has 31 heavy (non-hydrogen) atoms. The first-order valence-corrected chi connectivity index (χ1v) is 12.2. The van der Waals surface area contributed by atoms with Gasteiger partial charge in [0.25, 0.3) is 0 Å². The van der Waals surface area contributed by atoms with Crippen LogP contribution < -0.4 is 15.2 Å². The van der Waals surface area contributed by atoms with E-state index in [1.807, 2.05) is 0 Å². The number of benzene rings is 1. The predicted molar refractivity (Wildman–Crippen MR) is 116 cm³/mol. The van der Waals surface area contributed by atoms with E-state index in [2.05, 4.69) is 27.8 Å². The first-order chi connectivity index (χ1) is 14.9. The molecule has 0 fully saturated rings. The fourth-order valence-electron chi connectivity index (χ4n) is 4.95. The smallest absolute Gasteiger partial charge is 0.354 e. The summed E-state index contributed by atoms with van der Waals surface area (Å²) in [5.74, 6) is 0.635. The molecule has 0 saturated carbocycles. The highest BCUT2D eigenvalue weighted by atomic mass is 32.2. The normalized spacial score (nSPS) is 23.3. The fourth-order valence-corrected chi connectivity index (χ4v) is 5.95. The Kier molecular flexibility index (Phi) is 5.03. The molecule has 2 heterocycles. The van der Waals surface area contributed by atoms with Gasteiger partial charge in [0.15, 0.2) is 9.92 Å². The van der Waals surface area contributed by atoms with Gasteiger partial charge in [0.2, 0.25) is 5.88 Å². The monoisotopic (exact) mass is 445 g/mol. The Bertz CT molecular complexity index is 1180. The Labute approximate surface area is 181 Å². The molecule has 9 nitrogen and oxygen atoms in total. The first kappa shape index (κ1) is 20.5. The molecule has 0 saturated heterocycles. The minimum Gasteiger partial charge on any atom is -0.474 e. The molecule has 5 rings (SSSR count). The van der Waals surface area contributed by atoms with E-state index < -0.39 is 15.9 Å². The van der Waals surface area contributed by atoms with Crippen molar-refractivity contribution in [3.63, 3.8) is 0 Å². The minimum absolute atomic E-state index is 0.120. The lowest BCUT2D eigenvalue weighted by atomic mass is 9.95. The van der Waals surface area contributed by atoms with Crippen LogP contribution in [0.25, 0.3) is 0 Å². The number of hydrogen-bond donors (Lipinski definition) is 2. The number of anilines is 1. The molecule has 1 aromatic carbocycles. The summed E-state index contributed by atoms with van der Waals surface area (Å²) in [4.78, 5) is 13.0. The van der Waals surface area contributed by atoms with E-state index in [-0.39, 0.29) is 23.5 Å². The number of rotatable bonds is 3. The standard InChI is InChI=1S/C21H27N5O4S/c1-12-6-7-14-8-13-4-3-5-16(13)19(18(12)14)24-21(27)25-31(22,28)17-9-23-26-10-15(29-2)11-30-20(17)26/h8-9,12,15H,3-7,10-11H2,1-2H3,(H3,22,24,25,27,28)/t12-,15+,31?/m0/s1. The van der Waals surface area contributed by atoms with Crippen LogP contribution in [-0.2, 0) is 40.5 Å². The van der Waals surface area contributed by atoms with Gasteiger partial charge in [-0.3, -0.25) is 0 Å². The van der Waals surface area contributed by atoms with Gasteiger partial charge in [-0.15, -0.1) is 4.36 Å². The highest BCUT2D eigenvalue weighted by Gasteiger charge is 2.30. The highest BCUT2D eigenvalue weighted by molar-refractivity contribution is 7.91. The summed E-state index contributed by atoms with van der Waals surface area (Å²) < 4.78 is 29.5. The van der Waals surface area contributed by atoms with E-state index in [9.17, 15) is 9.00 Å². The number of amides is 2. The number of nitrogens with zero attached hydrogens (tertiary/aromatic N) is 3. The number of fused-ring (bicyclic) bond motifs is 3. The van der Waals surface area contributed by atoms with E-state index in [0.717, 1.165) is 37.8 Å². The molecule has 3 N–H and O–H groups in total. The Morgan fingerprint density at radius 2 is 2.23 bits per heavy atom. The molecule has 10 heteroatoms. The van der Waals surface area contributed by atoms with Crippen molar-refractivity contribution in [1.29, 1.82) is 0 Å². The molecule has 1 aliphatic heterocycles. The molecule has 1 unspecified atom stereocenters. The zero-order valence-corrected chi connectivity index (χ0v) is 18.5. The van der Waals surface area contributed by atoms with Gasteiger partial charge in [0.05, 0.1) is 12.7 Å². The maximum atomic E-state index is 13.2. The van der Waals surface area contributed by atoms with Crippen LogP contribution >= 0.6 is 0 Å². The van der Waals surface area contributed by atoms with Crippen molar-refractivity contribution < 1.29 is 18.5 Å². The first-order valence-electron chi connectivity index (χ1n) is 10.6. The van der Waals surface area contributed by atoms with Gasteiger partial charge in [-0.1, -0.05) is 13.0 Å². The van der Waals surface area contributed by atoms with Gasteiger partial charge < -0.3 is 14.8 Å². The second-order valence-corrected chi connectivity index (χ2v) is 10.3. The molecule has 2 aromatic rings. The zero-order valence-electron chi connectivity index (χ0n) is 17.7. The molecule has 0 spiro atoms. The van der Waals surface area contributed by atoms with Crippen LogP contribution in [0.3, 0.4) is 0 Å². The number of aryl methyl sites for hydroxylation is 2. The number of methoxy groups -OCH3 is 1. The molecule has 2 amide bonds. The summed E-state index contributed by atoms with van der Waals surface area (Å²) in [6.07, 6.45) is 6.29. The molecule has 0 radical (unpaired) electrons. The van der Waals surface area contributed by atoms with Crippen molar-refractivity contribution in [2.45, 2.75) is 62.5 Å². The number of hydrogen-bond acceptors (Lipinski definition) is 5.